The molecule has 0 fully saturated rings. The van der Waals surface area contributed by atoms with Crippen LogP contribution in [0.2, 0.25) is 0 Å². The fourth-order valence-electron chi connectivity index (χ4n) is 2.57. The zero-order chi connectivity index (χ0) is 20.8. The van der Waals surface area contributed by atoms with Gasteiger partial charge in [0.25, 0.3) is 5.91 Å². The first-order valence-corrected chi connectivity index (χ1v) is 9.12. The van der Waals surface area contributed by atoms with Crippen LogP contribution in [-0.4, -0.2) is 43.5 Å². The number of carbonyl (C=O) groups is 1. The minimum atomic E-state index is -0.495. The SMILES string of the molecule is CCCc1c(C(=O)N/N=C\c2ccc(OC(C)C)cc2)nnn1-c1nonc1N. The van der Waals surface area contributed by atoms with E-state index in [9.17, 15) is 4.79 Å². The fourth-order valence-corrected chi connectivity index (χ4v) is 2.57. The predicted octanol–water partition coefficient (Wildman–Crippen LogP) is 1.74. The van der Waals surface area contributed by atoms with Crippen LogP contribution in [0.5, 0.6) is 5.75 Å². The molecule has 0 radical (unpaired) electrons. The van der Waals surface area contributed by atoms with E-state index in [2.05, 4.69) is 35.8 Å². The fraction of sp³-hybridized carbons (Fsp3) is 0.333. The molecule has 0 bridgehead atoms. The molecule has 0 aliphatic carbocycles. The Morgan fingerprint density at radius 1 is 1.34 bits per heavy atom. The Balaban J connectivity index is 1.71. The van der Waals surface area contributed by atoms with Gasteiger partial charge in [-0.3, -0.25) is 4.79 Å². The number of hydrogen-bond donors (Lipinski definition) is 2. The van der Waals surface area contributed by atoms with Crippen molar-refractivity contribution in [2.45, 2.75) is 39.7 Å². The zero-order valence-corrected chi connectivity index (χ0v) is 16.4. The third kappa shape index (κ3) is 4.75. The van der Waals surface area contributed by atoms with Crippen LogP contribution >= 0.6 is 0 Å². The minimum absolute atomic E-state index is 0.0575. The van der Waals surface area contributed by atoms with Crippen molar-refractivity contribution in [1.82, 2.24) is 30.7 Å². The van der Waals surface area contributed by atoms with E-state index in [1.54, 1.807) is 0 Å². The molecule has 11 heteroatoms. The van der Waals surface area contributed by atoms with Crippen molar-refractivity contribution in [3.05, 3.63) is 41.2 Å². The van der Waals surface area contributed by atoms with E-state index in [-0.39, 0.29) is 23.4 Å². The maximum Gasteiger partial charge on any atom is 0.293 e. The summed E-state index contributed by atoms with van der Waals surface area (Å²) in [5, 5.41) is 19.1. The summed E-state index contributed by atoms with van der Waals surface area (Å²) < 4.78 is 11.5. The Hall–Kier alpha value is -3.76. The summed E-state index contributed by atoms with van der Waals surface area (Å²) in [6, 6.07) is 7.36. The number of anilines is 1. The molecule has 0 unspecified atom stereocenters. The Labute approximate surface area is 166 Å². The highest BCUT2D eigenvalue weighted by atomic mass is 16.6. The molecule has 1 aromatic carbocycles. The number of aromatic nitrogens is 5. The summed E-state index contributed by atoms with van der Waals surface area (Å²) in [7, 11) is 0. The van der Waals surface area contributed by atoms with E-state index in [1.807, 2.05) is 45.0 Å². The van der Waals surface area contributed by atoms with Gasteiger partial charge in [-0.1, -0.05) is 18.6 Å². The van der Waals surface area contributed by atoms with Gasteiger partial charge in [-0.05, 0) is 60.4 Å². The van der Waals surface area contributed by atoms with Gasteiger partial charge in [0.1, 0.15) is 5.75 Å². The summed E-state index contributed by atoms with van der Waals surface area (Å²) in [5.41, 5.74) is 9.65. The molecule has 0 aliphatic rings. The second-order valence-corrected chi connectivity index (χ2v) is 6.45. The summed E-state index contributed by atoms with van der Waals surface area (Å²) in [5.74, 6) is 0.517. The van der Waals surface area contributed by atoms with Crippen LogP contribution in [-0.2, 0) is 6.42 Å². The summed E-state index contributed by atoms with van der Waals surface area (Å²) in [6.45, 7) is 5.89. The number of nitrogens with zero attached hydrogens (tertiary/aromatic N) is 6. The first-order valence-electron chi connectivity index (χ1n) is 9.12. The molecule has 3 rings (SSSR count). The van der Waals surface area contributed by atoms with Crippen molar-refractivity contribution in [2.24, 2.45) is 5.10 Å². The third-order valence-corrected chi connectivity index (χ3v) is 3.79. The second-order valence-electron chi connectivity index (χ2n) is 6.45. The average molecular weight is 398 g/mol. The van der Waals surface area contributed by atoms with Crippen molar-refractivity contribution < 1.29 is 14.2 Å². The van der Waals surface area contributed by atoms with E-state index in [0.717, 1.165) is 17.7 Å². The Kier molecular flexibility index (Phi) is 6.17. The van der Waals surface area contributed by atoms with Gasteiger partial charge >= 0.3 is 0 Å². The van der Waals surface area contributed by atoms with E-state index < -0.39 is 5.91 Å². The number of rotatable bonds is 8. The monoisotopic (exact) mass is 398 g/mol. The van der Waals surface area contributed by atoms with E-state index >= 15 is 0 Å². The van der Waals surface area contributed by atoms with Gasteiger partial charge in [0.2, 0.25) is 11.6 Å². The molecule has 1 amide bonds. The van der Waals surface area contributed by atoms with Crippen LogP contribution in [0.1, 0.15) is 48.9 Å². The third-order valence-electron chi connectivity index (χ3n) is 3.79. The maximum absolute atomic E-state index is 12.5. The Morgan fingerprint density at radius 2 is 2.10 bits per heavy atom. The molecule has 0 aliphatic heterocycles. The van der Waals surface area contributed by atoms with Crippen LogP contribution in [0.15, 0.2) is 34.0 Å². The van der Waals surface area contributed by atoms with Crippen molar-refractivity contribution in [1.29, 1.82) is 0 Å². The summed E-state index contributed by atoms with van der Waals surface area (Å²) in [4.78, 5) is 12.5. The van der Waals surface area contributed by atoms with Crippen LogP contribution in [0.3, 0.4) is 0 Å². The number of benzene rings is 1. The number of nitrogen functional groups attached to an aromatic ring is 1. The van der Waals surface area contributed by atoms with Gasteiger partial charge in [0, 0.05) is 0 Å². The molecule has 29 heavy (non-hydrogen) atoms. The van der Waals surface area contributed by atoms with Crippen LogP contribution in [0.25, 0.3) is 5.82 Å². The lowest BCUT2D eigenvalue weighted by Crippen LogP contribution is -2.20. The van der Waals surface area contributed by atoms with Crippen molar-refractivity contribution in [3.8, 4) is 11.6 Å². The van der Waals surface area contributed by atoms with Crippen LogP contribution in [0, 0.1) is 0 Å². The predicted molar refractivity (Wildman–Crippen MR) is 105 cm³/mol. The van der Waals surface area contributed by atoms with E-state index in [4.69, 9.17) is 10.5 Å². The van der Waals surface area contributed by atoms with Crippen LogP contribution in [0.4, 0.5) is 5.82 Å². The summed E-state index contributed by atoms with van der Waals surface area (Å²) in [6.07, 6.45) is 2.92. The van der Waals surface area contributed by atoms with Gasteiger partial charge in [0.05, 0.1) is 18.0 Å². The Morgan fingerprint density at radius 3 is 2.72 bits per heavy atom. The molecule has 3 N–H and O–H groups in total. The number of amides is 1. The highest BCUT2D eigenvalue weighted by Gasteiger charge is 2.23. The second kappa shape index (κ2) is 8.95. The first kappa shape index (κ1) is 20.0. The quantitative estimate of drug-likeness (QED) is 0.431. The highest BCUT2D eigenvalue weighted by Crippen LogP contribution is 2.17. The van der Waals surface area contributed by atoms with E-state index in [1.165, 1.54) is 10.9 Å². The largest absolute Gasteiger partial charge is 0.491 e. The molecule has 0 saturated heterocycles. The number of nitrogens with two attached hydrogens (primary N) is 1. The number of ether oxygens (including phenoxy) is 1. The van der Waals surface area contributed by atoms with Gasteiger partial charge < -0.3 is 10.5 Å². The smallest absolute Gasteiger partial charge is 0.293 e. The first-order chi connectivity index (χ1) is 14.0. The van der Waals surface area contributed by atoms with Crippen molar-refractivity contribution in [2.75, 3.05) is 5.73 Å². The molecule has 0 saturated carbocycles. The molecular weight excluding hydrogens is 376 g/mol. The lowest BCUT2D eigenvalue weighted by Gasteiger charge is -2.09. The van der Waals surface area contributed by atoms with Gasteiger partial charge in [-0.15, -0.1) is 5.10 Å². The lowest BCUT2D eigenvalue weighted by molar-refractivity contribution is 0.0949. The highest BCUT2D eigenvalue weighted by molar-refractivity contribution is 5.94. The minimum Gasteiger partial charge on any atom is -0.491 e. The average Bonchev–Trinajstić information content (AvgIpc) is 3.29. The summed E-state index contributed by atoms with van der Waals surface area (Å²) >= 11 is 0. The Bertz CT molecular complexity index is 991. The molecular formula is C18H22N8O3. The normalized spacial score (nSPS) is 11.3. The van der Waals surface area contributed by atoms with Crippen LogP contribution < -0.4 is 15.9 Å². The molecule has 152 valence electrons. The van der Waals surface area contributed by atoms with Gasteiger partial charge in [-0.2, -0.15) is 9.78 Å². The lowest BCUT2D eigenvalue weighted by atomic mass is 10.2. The number of hydrogen-bond acceptors (Lipinski definition) is 9. The topological polar surface area (TPSA) is 146 Å². The standard InChI is InChI=1S/C18H22N8O3/c1-4-5-14-15(21-25-26(14)17-16(19)23-29-24-17)18(27)22-20-10-12-6-8-13(9-7-12)28-11(2)3/h6-11H,4-5H2,1-3H3,(H2,19,23)(H,22,27)/b20-10-. The van der Waals surface area contributed by atoms with Gasteiger partial charge in [-0.25, -0.2) is 10.1 Å². The van der Waals surface area contributed by atoms with Crippen molar-refractivity contribution in [3.63, 3.8) is 0 Å². The molecule has 2 heterocycles. The number of hydrazone groups is 1. The van der Waals surface area contributed by atoms with E-state index in [0.29, 0.717) is 12.1 Å². The number of carbonyl (C=O) groups excluding carboxylic acids is 1. The molecule has 3 aromatic rings. The molecule has 0 atom stereocenters. The zero-order valence-electron chi connectivity index (χ0n) is 16.4. The molecule has 0 spiro atoms. The molecule has 11 nitrogen and oxygen atoms in total. The maximum atomic E-state index is 12.5. The van der Waals surface area contributed by atoms with Crippen molar-refractivity contribution >= 4 is 17.9 Å². The molecule has 2 aromatic heterocycles. The van der Waals surface area contributed by atoms with Gasteiger partial charge in [0.15, 0.2) is 5.69 Å². The number of nitrogens with one attached hydrogen (secondary N) is 1.